The third-order valence-electron chi connectivity index (χ3n) is 2.24. The van der Waals surface area contributed by atoms with E-state index in [1.807, 2.05) is 0 Å². The van der Waals surface area contributed by atoms with E-state index in [2.05, 4.69) is 36.2 Å². The van der Waals surface area contributed by atoms with Crippen molar-refractivity contribution in [2.24, 2.45) is 0 Å². The van der Waals surface area contributed by atoms with Crippen molar-refractivity contribution in [1.82, 2.24) is 9.80 Å². The van der Waals surface area contributed by atoms with E-state index in [1.54, 1.807) is 0 Å². The number of halogens is 5. The van der Waals surface area contributed by atoms with Gasteiger partial charge >= 0.3 is 0 Å². The van der Waals surface area contributed by atoms with Crippen molar-refractivity contribution in [2.45, 2.75) is 32.6 Å². The Morgan fingerprint density at radius 2 is 1.44 bits per heavy atom. The van der Waals surface area contributed by atoms with Gasteiger partial charge in [-0.25, -0.2) is 0 Å². The van der Waals surface area contributed by atoms with E-state index < -0.39 is 0 Å². The molecule has 0 unspecified atom stereocenters. The largest absolute Gasteiger partial charge is 0.362 e. The number of rotatable bonds is 5. The second-order valence-electron chi connectivity index (χ2n) is 3.57. The molecule has 18 heavy (non-hydrogen) atoms. The standard InChI is InChI=1S/C10H20N2.5ClH.Zn/c1-3-4-5-6-7-12-9-8-11(2)10-12;;;;;;/h8-9H,3-7,10H2,1-2H3;5*1H;. The minimum atomic E-state index is 0. The summed E-state index contributed by atoms with van der Waals surface area (Å²) in [6, 6.07) is 0. The summed E-state index contributed by atoms with van der Waals surface area (Å²) in [4.78, 5) is 4.58. The zero-order valence-corrected chi connectivity index (χ0v) is 18.1. The fourth-order valence-electron chi connectivity index (χ4n) is 1.48. The second kappa shape index (κ2) is 23.5. The summed E-state index contributed by atoms with van der Waals surface area (Å²) in [7, 11) is 2.11. The molecule has 0 saturated heterocycles. The van der Waals surface area contributed by atoms with Gasteiger partial charge in [-0.1, -0.05) is 26.2 Å². The van der Waals surface area contributed by atoms with Gasteiger partial charge in [0, 0.05) is 45.5 Å². The van der Waals surface area contributed by atoms with Gasteiger partial charge < -0.3 is 9.80 Å². The molecule has 0 bridgehead atoms. The van der Waals surface area contributed by atoms with E-state index in [9.17, 15) is 0 Å². The van der Waals surface area contributed by atoms with Crippen LogP contribution >= 0.6 is 62.0 Å². The normalized spacial score (nSPS) is 10.8. The Bertz CT molecular complexity index is 163. The summed E-state index contributed by atoms with van der Waals surface area (Å²) in [5.41, 5.74) is 0. The van der Waals surface area contributed by atoms with Crippen LogP contribution < -0.4 is 0 Å². The van der Waals surface area contributed by atoms with Gasteiger partial charge in [0.25, 0.3) is 0 Å². The first kappa shape index (κ1) is 36.6. The van der Waals surface area contributed by atoms with Crippen LogP contribution in [0, 0.1) is 0 Å². The Kier molecular flexibility index (Phi) is 47.8. The molecule has 1 heterocycles. The van der Waals surface area contributed by atoms with Crippen LogP contribution in [0.2, 0.25) is 0 Å². The quantitative estimate of drug-likeness (QED) is 0.486. The predicted molar refractivity (Wildman–Crippen MR) is 88.9 cm³/mol. The van der Waals surface area contributed by atoms with Gasteiger partial charge in [0.15, 0.2) is 0 Å². The molecule has 2 nitrogen and oxygen atoms in total. The molecular weight excluding hydrogens is 391 g/mol. The monoisotopic (exact) mass is 412 g/mol. The van der Waals surface area contributed by atoms with Gasteiger partial charge in [0.2, 0.25) is 0 Å². The van der Waals surface area contributed by atoms with Gasteiger partial charge in [-0.2, -0.15) is 0 Å². The van der Waals surface area contributed by atoms with Crippen molar-refractivity contribution in [3.63, 3.8) is 0 Å². The molecule has 0 saturated carbocycles. The van der Waals surface area contributed by atoms with Crippen LogP contribution in [0.25, 0.3) is 0 Å². The van der Waals surface area contributed by atoms with Crippen LogP contribution in [0.15, 0.2) is 12.4 Å². The van der Waals surface area contributed by atoms with Crippen molar-refractivity contribution in [3.8, 4) is 0 Å². The van der Waals surface area contributed by atoms with E-state index in [0.29, 0.717) is 0 Å². The molecule has 1 rings (SSSR count). The second-order valence-corrected chi connectivity index (χ2v) is 3.57. The van der Waals surface area contributed by atoms with Gasteiger partial charge in [-0.05, 0) is 6.42 Å². The number of hydrogen-bond acceptors (Lipinski definition) is 2. The van der Waals surface area contributed by atoms with E-state index in [0.717, 1.165) is 6.67 Å². The minimum absolute atomic E-state index is 0. The Labute approximate surface area is 155 Å². The predicted octanol–water partition coefficient (Wildman–Crippen LogP) is 4.35. The fraction of sp³-hybridized carbons (Fsp3) is 0.800. The first-order valence-electron chi connectivity index (χ1n) is 4.95. The molecule has 0 aliphatic carbocycles. The maximum atomic E-state index is 2.37. The average Bonchev–Trinajstić information content (AvgIpc) is 2.45. The molecule has 112 valence electrons. The molecule has 0 atom stereocenters. The summed E-state index contributed by atoms with van der Waals surface area (Å²) in [6.45, 7) is 4.55. The van der Waals surface area contributed by atoms with Crippen molar-refractivity contribution in [1.29, 1.82) is 0 Å². The Balaban J connectivity index is -0.0000000600. The van der Waals surface area contributed by atoms with E-state index in [-0.39, 0.29) is 81.5 Å². The zero-order chi connectivity index (χ0) is 8.81. The average molecular weight is 416 g/mol. The summed E-state index contributed by atoms with van der Waals surface area (Å²) < 4.78 is 0. The first-order chi connectivity index (χ1) is 5.83. The molecule has 0 fully saturated rings. The van der Waals surface area contributed by atoms with E-state index >= 15 is 0 Å². The van der Waals surface area contributed by atoms with Crippen molar-refractivity contribution in [2.75, 3.05) is 20.3 Å². The Hall–Kier alpha value is 1.41. The Morgan fingerprint density at radius 1 is 0.889 bits per heavy atom. The Morgan fingerprint density at radius 3 is 1.83 bits per heavy atom. The molecule has 0 aromatic heterocycles. The number of unbranched alkanes of at least 4 members (excludes halogenated alkanes) is 3. The fourth-order valence-corrected chi connectivity index (χ4v) is 1.48. The van der Waals surface area contributed by atoms with Gasteiger partial charge in [-0.15, -0.1) is 62.0 Å². The van der Waals surface area contributed by atoms with Crippen LogP contribution in [0.5, 0.6) is 0 Å². The van der Waals surface area contributed by atoms with Crippen molar-refractivity contribution >= 4 is 62.0 Å². The molecule has 0 spiro atoms. The maximum absolute atomic E-state index is 2.37. The van der Waals surface area contributed by atoms with Gasteiger partial charge in [-0.3, -0.25) is 0 Å². The topological polar surface area (TPSA) is 6.48 Å². The van der Waals surface area contributed by atoms with Gasteiger partial charge in [0.05, 0.1) is 6.67 Å². The van der Waals surface area contributed by atoms with Crippen LogP contribution in [0.1, 0.15) is 32.6 Å². The van der Waals surface area contributed by atoms with Crippen molar-refractivity contribution < 1.29 is 19.5 Å². The molecule has 0 aromatic carbocycles. The number of nitrogens with zero attached hydrogens (tertiary/aromatic N) is 2. The summed E-state index contributed by atoms with van der Waals surface area (Å²) in [5, 5.41) is 0. The zero-order valence-electron chi connectivity index (χ0n) is 11.0. The third kappa shape index (κ3) is 17.4. The summed E-state index contributed by atoms with van der Waals surface area (Å²) in [5.74, 6) is 0. The van der Waals surface area contributed by atoms with E-state index in [1.165, 1.54) is 32.2 Å². The van der Waals surface area contributed by atoms with Crippen LogP contribution in [0.3, 0.4) is 0 Å². The minimum Gasteiger partial charge on any atom is -0.362 e. The number of hydrogen-bond donors (Lipinski definition) is 0. The molecule has 0 aromatic rings. The molecular formula is C10H25Cl5N2Zn. The summed E-state index contributed by atoms with van der Waals surface area (Å²) in [6.07, 6.45) is 9.76. The third-order valence-corrected chi connectivity index (χ3v) is 2.24. The van der Waals surface area contributed by atoms with Crippen LogP contribution in [0.4, 0.5) is 0 Å². The van der Waals surface area contributed by atoms with E-state index in [4.69, 9.17) is 0 Å². The molecule has 0 N–H and O–H groups in total. The van der Waals surface area contributed by atoms with Crippen LogP contribution in [-0.2, 0) is 19.5 Å². The van der Waals surface area contributed by atoms with Crippen molar-refractivity contribution in [3.05, 3.63) is 12.4 Å². The maximum Gasteiger partial charge on any atom is 0.0890 e. The first-order valence-corrected chi connectivity index (χ1v) is 4.95. The molecule has 0 amide bonds. The van der Waals surface area contributed by atoms with Gasteiger partial charge in [0.1, 0.15) is 0 Å². The SMILES string of the molecule is CCCCCCN1C=CN(C)C1.Cl.Cl.Cl.Cl.Cl.[Zn]. The molecule has 1 aliphatic heterocycles. The summed E-state index contributed by atoms with van der Waals surface area (Å²) >= 11 is 0. The molecule has 0 radical (unpaired) electrons. The molecule has 1 aliphatic rings. The smallest absolute Gasteiger partial charge is 0.0890 e. The van der Waals surface area contributed by atoms with Crippen LogP contribution in [-0.4, -0.2) is 30.1 Å². The molecule has 8 heteroatoms.